The lowest BCUT2D eigenvalue weighted by molar-refractivity contribution is 0.102. The molecule has 0 bridgehead atoms. The van der Waals surface area contributed by atoms with Gasteiger partial charge in [-0.3, -0.25) is 9.78 Å². The lowest BCUT2D eigenvalue weighted by atomic mass is 10.0. The van der Waals surface area contributed by atoms with E-state index < -0.39 is 0 Å². The Morgan fingerprint density at radius 2 is 2.00 bits per heavy atom. The third-order valence-corrected chi connectivity index (χ3v) is 4.94. The van der Waals surface area contributed by atoms with Crippen molar-refractivity contribution in [2.24, 2.45) is 7.05 Å². The Balaban J connectivity index is 1.72. The maximum absolute atomic E-state index is 12.4. The van der Waals surface area contributed by atoms with Gasteiger partial charge in [-0.25, -0.2) is 0 Å². The normalized spacial score (nSPS) is 10.8. The van der Waals surface area contributed by atoms with Crippen molar-refractivity contribution in [2.45, 2.75) is 19.0 Å². The van der Waals surface area contributed by atoms with E-state index in [1.165, 1.54) is 17.3 Å². The minimum absolute atomic E-state index is 0.0917. The number of thioether (sulfide) groups is 1. The first-order chi connectivity index (χ1) is 11.6. The summed E-state index contributed by atoms with van der Waals surface area (Å²) in [4.78, 5) is 16.5. The van der Waals surface area contributed by atoms with Crippen LogP contribution in [0.4, 0.5) is 0 Å². The van der Waals surface area contributed by atoms with Gasteiger partial charge in [-0.15, -0.1) is 10.2 Å². The number of carbonyl (C=O) groups is 1. The van der Waals surface area contributed by atoms with Gasteiger partial charge in [0.15, 0.2) is 16.8 Å². The molecule has 0 saturated carbocycles. The number of hydrogen-bond acceptors (Lipinski definition) is 5. The van der Waals surface area contributed by atoms with Crippen molar-refractivity contribution in [1.29, 1.82) is 0 Å². The van der Waals surface area contributed by atoms with Crippen LogP contribution in [0, 0.1) is 13.8 Å². The fourth-order valence-electron chi connectivity index (χ4n) is 2.32. The Labute approximate surface area is 145 Å². The van der Waals surface area contributed by atoms with Crippen LogP contribution < -0.4 is 0 Å². The maximum atomic E-state index is 12.4. The summed E-state index contributed by atoms with van der Waals surface area (Å²) in [7, 11) is 1.89. The summed E-state index contributed by atoms with van der Waals surface area (Å²) in [5.74, 6) is 1.17. The number of Topliss-reactive ketones (excluding diaryl/α,β-unsaturated/α-hetero) is 1. The van der Waals surface area contributed by atoms with Crippen LogP contribution in [0.5, 0.6) is 0 Å². The number of nitrogens with zero attached hydrogens (tertiary/aromatic N) is 4. The molecule has 2 heterocycles. The molecule has 5 nitrogen and oxygen atoms in total. The van der Waals surface area contributed by atoms with E-state index in [1.54, 1.807) is 12.4 Å². The second-order valence-corrected chi connectivity index (χ2v) is 6.56. The van der Waals surface area contributed by atoms with Crippen LogP contribution in [0.1, 0.15) is 21.5 Å². The van der Waals surface area contributed by atoms with E-state index in [0.717, 1.165) is 22.5 Å². The summed E-state index contributed by atoms with van der Waals surface area (Å²) in [5.41, 5.74) is 3.96. The molecule has 2 aromatic heterocycles. The van der Waals surface area contributed by atoms with Crippen molar-refractivity contribution >= 4 is 17.5 Å². The third-order valence-electron chi connectivity index (χ3n) is 3.92. The lowest BCUT2D eigenvalue weighted by Crippen LogP contribution is -2.04. The Hall–Kier alpha value is -2.47. The predicted molar refractivity (Wildman–Crippen MR) is 95.2 cm³/mol. The standard InChI is InChI=1S/C18H18N4OS/c1-12-6-7-14(9-13(12)2)16(23)11-24-18-21-20-17(22(18)3)15-5-4-8-19-10-15/h4-10H,11H2,1-3H3. The SMILES string of the molecule is Cc1ccc(C(=O)CSc2nnc(-c3cccnc3)n2C)cc1C. The van der Waals surface area contributed by atoms with Crippen LogP contribution in [-0.4, -0.2) is 31.3 Å². The van der Waals surface area contributed by atoms with E-state index in [-0.39, 0.29) is 5.78 Å². The highest BCUT2D eigenvalue weighted by Gasteiger charge is 2.14. The van der Waals surface area contributed by atoms with E-state index in [2.05, 4.69) is 15.2 Å². The molecule has 0 atom stereocenters. The molecule has 0 aliphatic rings. The van der Waals surface area contributed by atoms with Gasteiger partial charge in [-0.05, 0) is 43.2 Å². The van der Waals surface area contributed by atoms with Gasteiger partial charge >= 0.3 is 0 Å². The molecule has 122 valence electrons. The zero-order valence-electron chi connectivity index (χ0n) is 13.9. The number of benzene rings is 1. The Kier molecular flexibility index (Phi) is 4.76. The van der Waals surface area contributed by atoms with E-state index in [9.17, 15) is 4.79 Å². The molecule has 6 heteroatoms. The lowest BCUT2D eigenvalue weighted by Gasteiger charge is -2.05. The first-order valence-electron chi connectivity index (χ1n) is 7.59. The molecule has 24 heavy (non-hydrogen) atoms. The molecule has 0 spiro atoms. The molecule has 1 aromatic carbocycles. The van der Waals surface area contributed by atoms with E-state index in [1.807, 2.05) is 55.8 Å². The fourth-order valence-corrected chi connectivity index (χ4v) is 3.12. The van der Waals surface area contributed by atoms with E-state index >= 15 is 0 Å². The summed E-state index contributed by atoms with van der Waals surface area (Å²) >= 11 is 1.39. The quantitative estimate of drug-likeness (QED) is 0.526. The summed E-state index contributed by atoms with van der Waals surface area (Å²) in [5, 5.41) is 9.10. The topological polar surface area (TPSA) is 60.7 Å². The second kappa shape index (κ2) is 6.97. The molecule has 0 fully saturated rings. The van der Waals surface area contributed by atoms with Crippen LogP contribution in [0.15, 0.2) is 47.9 Å². The van der Waals surface area contributed by atoms with E-state index in [4.69, 9.17) is 0 Å². The average molecular weight is 338 g/mol. The number of rotatable bonds is 5. The van der Waals surface area contributed by atoms with Crippen LogP contribution in [-0.2, 0) is 7.05 Å². The number of pyridine rings is 1. The van der Waals surface area contributed by atoms with Crippen LogP contribution >= 0.6 is 11.8 Å². The fraction of sp³-hybridized carbons (Fsp3) is 0.222. The minimum atomic E-state index is 0.0917. The molecule has 3 rings (SSSR count). The van der Waals surface area contributed by atoms with Crippen molar-refractivity contribution in [3.8, 4) is 11.4 Å². The molecule has 0 saturated heterocycles. The molecule has 3 aromatic rings. The highest BCUT2D eigenvalue weighted by atomic mass is 32.2. The van der Waals surface area contributed by atoms with Crippen LogP contribution in [0.25, 0.3) is 11.4 Å². The zero-order valence-corrected chi connectivity index (χ0v) is 14.7. The molecule has 0 unspecified atom stereocenters. The van der Waals surface area contributed by atoms with Gasteiger partial charge in [-0.2, -0.15) is 0 Å². The van der Waals surface area contributed by atoms with E-state index in [0.29, 0.717) is 10.9 Å². The van der Waals surface area contributed by atoms with Crippen molar-refractivity contribution in [3.05, 3.63) is 59.4 Å². The molecule has 0 radical (unpaired) electrons. The third kappa shape index (κ3) is 3.38. The zero-order chi connectivity index (χ0) is 17.1. The van der Waals surface area contributed by atoms with Gasteiger partial charge < -0.3 is 4.57 Å². The second-order valence-electron chi connectivity index (χ2n) is 5.62. The highest BCUT2D eigenvalue weighted by molar-refractivity contribution is 7.99. The van der Waals surface area contributed by atoms with Crippen molar-refractivity contribution < 1.29 is 4.79 Å². The van der Waals surface area contributed by atoms with Crippen LogP contribution in [0.3, 0.4) is 0 Å². The highest BCUT2D eigenvalue weighted by Crippen LogP contribution is 2.23. The van der Waals surface area contributed by atoms with Crippen molar-refractivity contribution in [3.63, 3.8) is 0 Å². The molecular weight excluding hydrogens is 320 g/mol. The summed E-state index contributed by atoms with van der Waals surface area (Å²) in [6.07, 6.45) is 3.47. The van der Waals surface area contributed by atoms with Gasteiger partial charge in [0.25, 0.3) is 0 Å². The number of ketones is 1. The largest absolute Gasteiger partial charge is 0.305 e. The molecule has 0 amide bonds. The van der Waals surface area contributed by atoms with Gasteiger partial charge in [0.1, 0.15) is 0 Å². The van der Waals surface area contributed by atoms with Gasteiger partial charge in [0.05, 0.1) is 5.75 Å². The molecular formula is C18H18N4OS. The summed E-state index contributed by atoms with van der Waals surface area (Å²) in [6.45, 7) is 4.06. The van der Waals surface area contributed by atoms with Crippen molar-refractivity contribution in [2.75, 3.05) is 5.75 Å². The number of aryl methyl sites for hydroxylation is 2. The molecule has 0 aliphatic heterocycles. The van der Waals surface area contributed by atoms with Crippen LogP contribution in [0.2, 0.25) is 0 Å². The monoisotopic (exact) mass is 338 g/mol. The Morgan fingerprint density at radius 3 is 2.71 bits per heavy atom. The van der Waals surface area contributed by atoms with Gasteiger partial charge in [0.2, 0.25) is 0 Å². The number of aromatic nitrogens is 4. The van der Waals surface area contributed by atoms with Gasteiger partial charge in [-0.1, -0.05) is 23.9 Å². The first kappa shape index (κ1) is 16.4. The number of carbonyl (C=O) groups excluding carboxylic acids is 1. The van der Waals surface area contributed by atoms with Gasteiger partial charge in [0, 0.05) is 30.6 Å². The maximum Gasteiger partial charge on any atom is 0.191 e. The molecule has 0 N–H and O–H groups in total. The first-order valence-corrected chi connectivity index (χ1v) is 8.58. The summed E-state index contributed by atoms with van der Waals surface area (Å²) in [6, 6.07) is 9.60. The minimum Gasteiger partial charge on any atom is -0.305 e. The predicted octanol–water partition coefficient (Wildman–Crippen LogP) is 3.47. The van der Waals surface area contributed by atoms with Crippen molar-refractivity contribution in [1.82, 2.24) is 19.7 Å². The molecule has 0 aliphatic carbocycles. The Morgan fingerprint density at radius 1 is 1.17 bits per heavy atom. The summed E-state index contributed by atoms with van der Waals surface area (Å²) < 4.78 is 1.88. The smallest absolute Gasteiger partial charge is 0.191 e. The number of hydrogen-bond donors (Lipinski definition) is 0. The Bertz CT molecular complexity index is 874. The average Bonchev–Trinajstić information content (AvgIpc) is 2.96.